The number of ketones is 1. The number of aromatic nitrogens is 1. The minimum Gasteiger partial charge on any atom is -0.506 e. The molecule has 3 aromatic rings. The molecule has 0 aliphatic heterocycles. The number of pyridine rings is 1. The van der Waals surface area contributed by atoms with Gasteiger partial charge in [-0.15, -0.1) is 0 Å². The Balaban J connectivity index is 0.000000206. The van der Waals surface area contributed by atoms with E-state index >= 15 is 0 Å². The predicted octanol–water partition coefficient (Wildman–Crippen LogP) is 3.51. The van der Waals surface area contributed by atoms with Gasteiger partial charge in [0.2, 0.25) is 5.92 Å². The van der Waals surface area contributed by atoms with Gasteiger partial charge in [0.1, 0.15) is 11.3 Å². The van der Waals surface area contributed by atoms with Crippen LogP contribution in [0.15, 0.2) is 66.9 Å². The zero-order chi connectivity index (χ0) is 19.6. The highest BCUT2D eigenvalue weighted by Gasteiger charge is 2.28. The number of fused-ring (bicyclic) bond motifs is 1. The van der Waals surface area contributed by atoms with Crippen LogP contribution in [0.1, 0.15) is 17.3 Å². The van der Waals surface area contributed by atoms with Crippen LogP contribution in [0.3, 0.4) is 0 Å². The van der Waals surface area contributed by atoms with E-state index in [1.54, 1.807) is 61.7 Å². The first kappa shape index (κ1) is 19.6. The molecule has 136 valence electrons. The van der Waals surface area contributed by atoms with Crippen LogP contribution in [-0.2, 0) is 9.53 Å². The highest BCUT2D eigenvalue weighted by molar-refractivity contribution is 6.10. The molecule has 0 bridgehead atoms. The van der Waals surface area contributed by atoms with Crippen molar-refractivity contribution in [3.05, 3.63) is 72.4 Å². The average Bonchev–Trinajstić information content (AvgIpc) is 2.70. The number of esters is 1. The number of nitriles is 1. The molecule has 1 unspecified atom stereocenters. The van der Waals surface area contributed by atoms with Crippen molar-refractivity contribution in [3.8, 4) is 11.8 Å². The number of rotatable bonds is 4. The fourth-order valence-corrected chi connectivity index (χ4v) is 2.30. The van der Waals surface area contributed by atoms with Crippen molar-refractivity contribution in [1.82, 2.24) is 4.98 Å². The first-order chi connectivity index (χ1) is 13.1. The van der Waals surface area contributed by atoms with Crippen molar-refractivity contribution in [2.75, 3.05) is 6.61 Å². The second kappa shape index (κ2) is 9.68. The molecule has 2 aromatic carbocycles. The monoisotopic (exact) mass is 362 g/mol. The minimum absolute atomic E-state index is 0.152. The maximum absolute atomic E-state index is 11.8. The van der Waals surface area contributed by atoms with E-state index in [4.69, 9.17) is 5.26 Å². The third kappa shape index (κ3) is 5.13. The number of phenols is 1. The third-order valence-corrected chi connectivity index (χ3v) is 3.58. The molecule has 1 aromatic heterocycles. The summed E-state index contributed by atoms with van der Waals surface area (Å²) in [4.78, 5) is 27.1. The van der Waals surface area contributed by atoms with E-state index in [1.807, 2.05) is 18.2 Å². The van der Waals surface area contributed by atoms with Gasteiger partial charge in [0.05, 0.1) is 12.7 Å². The van der Waals surface area contributed by atoms with Gasteiger partial charge < -0.3 is 9.84 Å². The molecule has 27 heavy (non-hydrogen) atoms. The smallest absolute Gasteiger partial charge is 0.331 e. The number of Topliss-reactive ketones (excluding diaryl/α,β-unsaturated/α-hetero) is 1. The van der Waals surface area contributed by atoms with Crippen LogP contribution in [0, 0.1) is 17.2 Å². The van der Waals surface area contributed by atoms with Gasteiger partial charge >= 0.3 is 5.97 Å². The normalized spacial score (nSPS) is 10.8. The van der Waals surface area contributed by atoms with Crippen molar-refractivity contribution in [2.45, 2.75) is 6.92 Å². The summed E-state index contributed by atoms with van der Waals surface area (Å²) < 4.78 is 4.66. The predicted molar refractivity (Wildman–Crippen MR) is 99.9 cm³/mol. The van der Waals surface area contributed by atoms with Crippen LogP contribution in [0.5, 0.6) is 5.75 Å². The molecule has 6 heteroatoms. The molecule has 6 nitrogen and oxygen atoms in total. The number of hydrogen-bond acceptors (Lipinski definition) is 6. The minimum atomic E-state index is -1.37. The molecule has 0 spiro atoms. The third-order valence-electron chi connectivity index (χ3n) is 3.58. The van der Waals surface area contributed by atoms with E-state index in [-0.39, 0.29) is 12.4 Å². The molecule has 0 amide bonds. The highest BCUT2D eigenvalue weighted by Crippen LogP contribution is 2.20. The molecule has 0 fully saturated rings. The van der Waals surface area contributed by atoms with Crippen molar-refractivity contribution in [1.29, 1.82) is 5.26 Å². The first-order valence-electron chi connectivity index (χ1n) is 8.26. The molecule has 0 aliphatic carbocycles. The molecule has 1 N–H and O–H groups in total. The Labute approximate surface area is 156 Å². The van der Waals surface area contributed by atoms with Crippen LogP contribution >= 0.6 is 0 Å². The summed E-state index contributed by atoms with van der Waals surface area (Å²) in [6, 6.07) is 19.0. The van der Waals surface area contributed by atoms with Crippen LogP contribution in [0.2, 0.25) is 0 Å². The second-order valence-corrected chi connectivity index (χ2v) is 5.40. The quantitative estimate of drug-likeness (QED) is 0.433. The number of carbonyl (C=O) groups excluding carboxylic acids is 2. The number of hydrogen-bond donors (Lipinski definition) is 1. The van der Waals surface area contributed by atoms with Gasteiger partial charge in [0.15, 0.2) is 5.78 Å². The van der Waals surface area contributed by atoms with Gasteiger partial charge in [-0.1, -0.05) is 48.5 Å². The number of nitrogens with zero attached hydrogens (tertiary/aromatic N) is 2. The average molecular weight is 362 g/mol. The Hall–Kier alpha value is -3.72. The van der Waals surface area contributed by atoms with Gasteiger partial charge in [0.25, 0.3) is 0 Å². The molecule has 1 heterocycles. The first-order valence-corrected chi connectivity index (χ1v) is 8.26. The van der Waals surface area contributed by atoms with Gasteiger partial charge in [-0.25, -0.2) is 0 Å². The van der Waals surface area contributed by atoms with Gasteiger partial charge in [-0.2, -0.15) is 5.26 Å². The van der Waals surface area contributed by atoms with E-state index < -0.39 is 17.7 Å². The molecule has 3 rings (SSSR count). The fourth-order valence-electron chi connectivity index (χ4n) is 2.30. The van der Waals surface area contributed by atoms with Gasteiger partial charge in [-0.05, 0) is 19.1 Å². The zero-order valence-electron chi connectivity index (χ0n) is 14.7. The summed E-state index contributed by atoms with van der Waals surface area (Å²) in [6.45, 7) is 1.78. The van der Waals surface area contributed by atoms with Crippen molar-refractivity contribution < 1.29 is 19.4 Å². The molecule has 0 radical (unpaired) electrons. The lowest BCUT2D eigenvalue weighted by molar-refractivity contribution is -0.144. The zero-order valence-corrected chi connectivity index (χ0v) is 14.7. The Morgan fingerprint density at radius 3 is 2.44 bits per heavy atom. The van der Waals surface area contributed by atoms with Gasteiger partial charge in [0, 0.05) is 17.1 Å². The largest absolute Gasteiger partial charge is 0.506 e. The number of ether oxygens (including phenoxy) is 1. The van der Waals surface area contributed by atoms with E-state index in [0.717, 1.165) is 5.39 Å². The summed E-state index contributed by atoms with van der Waals surface area (Å²) in [5.41, 5.74) is 0.997. The molecular formula is C21H18N2O4. The summed E-state index contributed by atoms with van der Waals surface area (Å²) in [5.74, 6) is -2.45. The Kier molecular flexibility index (Phi) is 7.03. The lowest BCUT2D eigenvalue weighted by Gasteiger charge is -2.06. The Morgan fingerprint density at radius 1 is 1.11 bits per heavy atom. The second-order valence-electron chi connectivity index (χ2n) is 5.40. The Bertz CT molecular complexity index is 959. The lowest BCUT2D eigenvalue weighted by atomic mass is 9.99. The van der Waals surface area contributed by atoms with Crippen molar-refractivity contribution in [3.63, 3.8) is 0 Å². The number of carbonyl (C=O) groups is 2. The molecular weight excluding hydrogens is 344 g/mol. The highest BCUT2D eigenvalue weighted by atomic mass is 16.5. The summed E-state index contributed by atoms with van der Waals surface area (Å²) in [6.07, 6.45) is 1.67. The maximum atomic E-state index is 11.8. The van der Waals surface area contributed by atoms with E-state index in [9.17, 15) is 14.7 Å². The van der Waals surface area contributed by atoms with Crippen LogP contribution < -0.4 is 0 Å². The molecule has 0 aliphatic rings. The van der Waals surface area contributed by atoms with E-state index in [0.29, 0.717) is 11.1 Å². The van der Waals surface area contributed by atoms with Crippen LogP contribution in [-0.4, -0.2) is 28.4 Å². The summed E-state index contributed by atoms with van der Waals surface area (Å²) in [7, 11) is 0. The van der Waals surface area contributed by atoms with Crippen LogP contribution in [0.25, 0.3) is 10.9 Å². The maximum Gasteiger partial charge on any atom is 0.331 e. The Morgan fingerprint density at radius 2 is 1.81 bits per heavy atom. The SMILES string of the molecule is CCOC(=O)C(C#N)C(=O)c1ccccc1.Oc1cccc2cccnc12. The standard InChI is InChI=1S/C12H11NO3.C9H7NO/c1-2-16-12(15)10(8-13)11(14)9-6-4-3-5-7-9;11-8-5-1-3-7-4-2-6-10-9(7)8/h3-7,10H,2H2,1H3;1-6,11H. The van der Waals surface area contributed by atoms with Crippen LogP contribution in [0.4, 0.5) is 0 Å². The summed E-state index contributed by atoms with van der Waals surface area (Å²) in [5, 5.41) is 19.1. The number of aromatic hydroxyl groups is 1. The number of benzene rings is 2. The summed E-state index contributed by atoms with van der Waals surface area (Å²) >= 11 is 0. The van der Waals surface area contributed by atoms with E-state index in [2.05, 4.69) is 9.72 Å². The number of para-hydroxylation sites is 1. The van der Waals surface area contributed by atoms with Crippen molar-refractivity contribution in [2.24, 2.45) is 5.92 Å². The fraction of sp³-hybridized carbons (Fsp3) is 0.143. The van der Waals surface area contributed by atoms with Crippen molar-refractivity contribution >= 4 is 22.7 Å². The lowest BCUT2D eigenvalue weighted by Crippen LogP contribution is -2.24. The molecule has 0 saturated carbocycles. The molecule has 1 atom stereocenters. The number of phenolic OH excluding ortho intramolecular Hbond substituents is 1. The van der Waals surface area contributed by atoms with E-state index in [1.165, 1.54) is 0 Å². The van der Waals surface area contributed by atoms with Gasteiger partial charge in [-0.3, -0.25) is 14.6 Å². The molecule has 0 saturated heterocycles. The topological polar surface area (TPSA) is 100 Å².